The molecule has 86 valence electrons. The van der Waals surface area contributed by atoms with E-state index >= 15 is 0 Å². The fraction of sp³-hybridized carbons (Fsp3) is 0.571. The van der Waals surface area contributed by atoms with Gasteiger partial charge in [-0.2, -0.15) is 0 Å². The van der Waals surface area contributed by atoms with E-state index in [9.17, 15) is 0 Å². The monoisotopic (exact) mass is 207 g/mol. The van der Waals surface area contributed by atoms with Crippen LogP contribution in [-0.2, 0) is 0 Å². The summed E-state index contributed by atoms with van der Waals surface area (Å²) in [6.07, 6.45) is 7.68. The van der Waals surface area contributed by atoms with Crippen molar-refractivity contribution in [3.63, 3.8) is 0 Å². The summed E-state index contributed by atoms with van der Waals surface area (Å²) in [6.45, 7) is 9.72. The van der Waals surface area contributed by atoms with Gasteiger partial charge in [-0.05, 0) is 59.4 Å². The third kappa shape index (κ3) is 7.15. The zero-order valence-corrected chi connectivity index (χ0v) is 11.1. The van der Waals surface area contributed by atoms with Crippen LogP contribution in [0.5, 0.6) is 0 Å². The Bertz CT molecular complexity index is 267. The van der Waals surface area contributed by atoms with E-state index in [-0.39, 0.29) is 0 Å². The molecule has 1 heteroatoms. The average molecular weight is 207 g/mol. The zero-order chi connectivity index (χ0) is 11.8. The maximum absolute atomic E-state index is 2.29. The van der Waals surface area contributed by atoms with Crippen LogP contribution in [-0.4, -0.2) is 25.5 Å². The predicted octanol–water partition coefficient (Wildman–Crippen LogP) is 3.80. The third-order valence-corrected chi connectivity index (χ3v) is 2.45. The summed E-state index contributed by atoms with van der Waals surface area (Å²) in [4.78, 5) is 2.22. The quantitative estimate of drug-likeness (QED) is 0.620. The molecule has 0 aliphatic heterocycles. The van der Waals surface area contributed by atoms with E-state index in [1.54, 1.807) is 0 Å². The van der Waals surface area contributed by atoms with Crippen molar-refractivity contribution in [3.05, 3.63) is 34.9 Å². The minimum Gasteiger partial charge on any atom is -0.309 e. The molecule has 1 nitrogen and oxygen atoms in total. The average Bonchev–Trinajstić information content (AvgIpc) is 2.15. The van der Waals surface area contributed by atoms with E-state index in [2.05, 4.69) is 64.9 Å². The Kier molecular flexibility index (Phi) is 7.06. The van der Waals surface area contributed by atoms with E-state index in [0.717, 1.165) is 13.0 Å². The molecule has 0 amide bonds. The summed E-state index contributed by atoms with van der Waals surface area (Å²) in [7, 11) is 4.22. The van der Waals surface area contributed by atoms with Gasteiger partial charge in [0.2, 0.25) is 0 Å². The van der Waals surface area contributed by atoms with E-state index in [1.807, 2.05) is 0 Å². The van der Waals surface area contributed by atoms with Crippen LogP contribution in [0.1, 0.15) is 34.1 Å². The van der Waals surface area contributed by atoms with Crippen molar-refractivity contribution in [2.24, 2.45) is 0 Å². The van der Waals surface area contributed by atoms with Gasteiger partial charge in [0, 0.05) is 6.54 Å². The first-order valence-electron chi connectivity index (χ1n) is 5.59. The van der Waals surface area contributed by atoms with Crippen LogP contribution >= 0.6 is 0 Å². The molecule has 0 bridgehead atoms. The molecule has 0 aromatic rings. The summed E-state index contributed by atoms with van der Waals surface area (Å²) >= 11 is 0. The fourth-order valence-corrected chi connectivity index (χ4v) is 1.34. The van der Waals surface area contributed by atoms with E-state index in [0.29, 0.717) is 0 Å². The van der Waals surface area contributed by atoms with Crippen molar-refractivity contribution in [2.75, 3.05) is 20.6 Å². The molecule has 0 fully saturated rings. The first kappa shape index (κ1) is 14.2. The Morgan fingerprint density at radius 2 is 1.67 bits per heavy atom. The second-order valence-electron chi connectivity index (χ2n) is 4.41. The molecule has 0 aromatic heterocycles. The van der Waals surface area contributed by atoms with Crippen molar-refractivity contribution >= 4 is 0 Å². The van der Waals surface area contributed by atoms with Gasteiger partial charge < -0.3 is 4.90 Å². The van der Waals surface area contributed by atoms with Gasteiger partial charge in [-0.3, -0.25) is 0 Å². The Labute approximate surface area is 95.2 Å². The van der Waals surface area contributed by atoms with Gasteiger partial charge in [0.05, 0.1) is 0 Å². The maximum atomic E-state index is 2.29. The topological polar surface area (TPSA) is 3.24 Å². The molecule has 0 rings (SSSR count). The highest BCUT2D eigenvalue weighted by atomic mass is 15.0. The highest BCUT2D eigenvalue weighted by Crippen LogP contribution is 2.11. The molecule has 0 saturated carbocycles. The standard InChI is InChI=1S/C14H25N/c1-7-8-13(3)14(4)11-12(2)9-10-15(5)6/h7-8,11H,9-10H2,1-6H3/b8-7-,12-11+,14-13-. The number of allylic oxidation sites excluding steroid dienone is 5. The van der Waals surface area contributed by atoms with Crippen LogP contribution in [0, 0.1) is 0 Å². The number of rotatable bonds is 5. The summed E-state index contributed by atoms with van der Waals surface area (Å²) in [6, 6.07) is 0. The minimum absolute atomic E-state index is 1.12. The van der Waals surface area contributed by atoms with Crippen molar-refractivity contribution in [1.82, 2.24) is 4.90 Å². The molecule has 0 unspecified atom stereocenters. The van der Waals surface area contributed by atoms with E-state index in [4.69, 9.17) is 0 Å². The SMILES string of the molecule is C\C=C/C(C)=C(C)\C=C(/C)CCN(C)C. The third-order valence-electron chi connectivity index (χ3n) is 2.45. The van der Waals surface area contributed by atoms with Crippen molar-refractivity contribution in [1.29, 1.82) is 0 Å². The highest BCUT2D eigenvalue weighted by molar-refractivity contribution is 5.31. The van der Waals surface area contributed by atoms with Crippen molar-refractivity contribution < 1.29 is 0 Å². The molecule has 0 radical (unpaired) electrons. The van der Waals surface area contributed by atoms with E-state index < -0.39 is 0 Å². The molecule has 0 atom stereocenters. The summed E-state index contributed by atoms with van der Waals surface area (Å²) in [5, 5.41) is 0. The van der Waals surface area contributed by atoms with Crippen molar-refractivity contribution in [2.45, 2.75) is 34.1 Å². The number of nitrogens with zero attached hydrogens (tertiary/aromatic N) is 1. The van der Waals surface area contributed by atoms with E-state index in [1.165, 1.54) is 16.7 Å². The smallest absolute Gasteiger partial charge is 0.00125 e. The lowest BCUT2D eigenvalue weighted by atomic mass is 10.1. The molecule has 0 aliphatic carbocycles. The fourth-order valence-electron chi connectivity index (χ4n) is 1.34. The Balaban J connectivity index is 4.40. The van der Waals surface area contributed by atoms with Gasteiger partial charge in [-0.25, -0.2) is 0 Å². The molecule has 0 spiro atoms. The minimum atomic E-state index is 1.12. The van der Waals surface area contributed by atoms with Crippen LogP contribution in [0.25, 0.3) is 0 Å². The largest absolute Gasteiger partial charge is 0.309 e. The van der Waals surface area contributed by atoms with Gasteiger partial charge in [-0.15, -0.1) is 0 Å². The first-order chi connectivity index (χ1) is 6.97. The lowest BCUT2D eigenvalue weighted by molar-refractivity contribution is 0.413. The maximum Gasteiger partial charge on any atom is 0.00125 e. The van der Waals surface area contributed by atoms with Crippen LogP contribution < -0.4 is 0 Å². The van der Waals surface area contributed by atoms with Crippen LogP contribution in [0.4, 0.5) is 0 Å². The first-order valence-corrected chi connectivity index (χ1v) is 5.59. The van der Waals surface area contributed by atoms with Crippen molar-refractivity contribution in [3.8, 4) is 0 Å². The van der Waals surface area contributed by atoms with Gasteiger partial charge in [0.25, 0.3) is 0 Å². The second kappa shape index (κ2) is 7.47. The summed E-state index contributed by atoms with van der Waals surface area (Å²) in [5.74, 6) is 0. The molecule has 15 heavy (non-hydrogen) atoms. The van der Waals surface area contributed by atoms with Crippen LogP contribution in [0.2, 0.25) is 0 Å². The molecular weight excluding hydrogens is 182 g/mol. The zero-order valence-electron chi connectivity index (χ0n) is 11.1. The lowest BCUT2D eigenvalue weighted by Gasteiger charge is -2.09. The highest BCUT2D eigenvalue weighted by Gasteiger charge is 1.95. The number of hydrogen-bond acceptors (Lipinski definition) is 1. The van der Waals surface area contributed by atoms with Crippen LogP contribution in [0.3, 0.4) is 0 Å². The Morgan fingerprint density at radius 1 is 1.07 bits per heavy atom. The number of hydrogen-bond donors (Lipinski definition) is 0. The van der Waals surface area contributed by atoms with Gasteiger partial charge in [0.1, 0.15) is 0 Å². The predicted molar refractivity (Wildman–Crippen MR) is 70.1 cm³/mol. The van der Waals surface area contributed by atoms with Gasteiger partial charge >= 0.3 is 0 Å². The van der Waals surface area contributed by atoms with Crippen LogP contribution in [0.15, 0.2) is 34.9 Å². The summed E-state index contributed by atoms with van der Waals surface area (Å²) < 4.78 is 0. The molecular formula is C14H25N. The van der Waals surface area contributed by atoms with Gasteiger partial charge in [-0.1, -0.05) is 23.8 Å². The normalized spacial score (nSPS) is 15.0. The second-order valence-corrected chi connectivity index (χ2v) is 4.41. The molecule has 0 heterocycles. The molecule has 0 aliphatic rings. The lowest BCUT2D eigenvalue weighted by Crippen LogP contribution is -2.13. The van der Waals surface area contributed by atoms with Gasteiger partial charge in [0.15, 0.2) is 0 Å². The Hall–Kier alpha value is -0.820. The molecule has 0 saturated heterocycles. The summed E-state index contributed by atoms with van der Waals surface area (Å²) in [5.41, 5.74) is 4.16. The Morgan fingerprint density at radius 3 is 2.13 bits per heavy atom. The molecule has 0 N–H and O–H groups in total. The molecule has 0 aromatic carbocycles.